The fourth-order valence-corrected chi connectivity index (χ4v) is 5.94. The number of sulfone groups is 1. The molecule has 0 N–H and O–H groups in total. The maximum Gasteiger partial charge on any atom is 0.243 e. The second-order valence-corrected chi connectivity index (χ2v) is 9.35. The molecule has 0 spiro atoms. The van der Waals surface area contributed by atoms with Gasteiger partial charge in [-0.3, -0.25) is 0 Å². The van der Waals surface area contributed by atoms with Crippen molar-refractivity contribution in [2.24, 2.45) is 0 Å². The minimum absolute atomic E-state index is 0.0781. The summed E-state index contributed by atoms with van der Waals surface area (Å²) in [7, 11) is -7.08. The Morgan fingerprint density at radius 1 is 1.43 bits per heavy atom. The highest BCUT2D eigenvalue weighted by Gasteiger charge is 2.36. The summed E-state index contributed by atoms with van der Waals surface area (Å²) in [6.45, 7) is 1.44. The molecular weight excluding hydrogens is 341 g/mol. The Balaban J connectivity index is 2.39. The second-order valence-electron chi connectivity index (χ2n) is 4.97. The average Bonchev–Trinajstić information content (AvgIpc) is 2.37. The van der Waals surface area contributed by atoms with Crippen LogP contribution in [0.1, 0.15) is 12.5 Å². The molecule has 1 saturated heterocycles. The van der Waals surface area contributed by atoms with Gasteiger partial charge in [-0.05, 0) is 25.1 Å². The van der Waals surface area contributed by atoms with Crippen LogP contribution in [0.15, 0.2) is 23.1 Å². The maximum absolute atomic E-state index is 13.4. The van der Waals surface area contributed by atoms with Crippen LogP contribution in [0.4, 0.5) is 4.39 Å². The van der Waals surface area contributed by atoms with Crippen molar-refractivity contribution in [1.82, 2.24) is 4.31 Å². The summed E-state index contributed by atoms with van der Waals surface area (Å²) < 4.78 is 62.7. The fraction of sp³-hybridized carbons (Fsp3) is 0.500. The van der Waals surface area contributed by atoms with Crippen LogP contribution in [-0.4, -0.2) is 45.2 Å². The molecule has 21 heavy (non-hydrogen) atoms. The van der Waals surface area contributed by atoms with E-state index in [9.17, 15) is 21.2 Å². The highest BCUT2D eigenvalue weighted by atomic mass is 35.5. The zero-order chi connectivity index (χ0) is 15.8. The summed E-state index contributed by atoms with van der Waals surface area (Å²) in [5.74, 6) is -1.13. The predicted octanol–water partition coefficient (Wildman–Crippen LogP) is 1.37. The van der Waals surface area contributed by atoms with Gasteiger partial charge in [-0.2, -0.15) is 4.31 Å². The molecule has 0 radical (unpaired) electrons. The first kappa shape index (κ1) is 16.7. The number of sulfonamides is 1. The van der Waals surface area contributed by atoms with Crippen molar-refractivity contribution in [3.05, 3.63) is 29.6 Å². The summed E-state index contributed by atoms with van der Waals surface area (Å²) in [6.07, 6.45) is 0. The fourth-order valence-electron chi connectivity index (χ4n) is 2.29. The normalized spacial score (nSPS) is 23.1. The molecule has 0 saturated carbocycles. The minimum Gasteiger partial charge on any atom is -0.229 e. The van der Waals surface area contributed by atoms with Crippen LogP contribution >= 0.6 is 11.6 Å². The molecule has 1 unspecified atom stereocenters. The van der Waals surface area contributed by atoms with Crippen LogP contribution in [0.25, 0.3) is 0 Å². The third-order valence-corrected chi connectivity index (χ3v) is 7.47. The van der Waals surface area contributed by atoms with Crippen LogP contribution in [0.3, 0.4) is 0 Å². The lowest BCUT2D eigenvalue weighted by atomic mass is 10.2. The Bertz CT molecular complexity index is 749. The van der Waals surface area contributed by atoms with Crippen molar-refractivity contribution in [2.75, 3.05) is 18.1 Å². The Labute approximate surface area is 128 Å². The van der Waals surface area contributed by atoms with E-state index in [-0.39, 0.29) is 34.4 Å². The summed E-state index contributed by atoms with van der Waals surface area (Å²) in [4.78, 5) is -0.0781. The number of nitrogens with zero attached hydrogens (tertiary/aromatic N) is 1. The van der Waals surface area contributed by atoms with Gasteiger partial charge in [0.25, 0.3) is 0 Å². The average molecular weight is 356 g/mol. The van der Waals surface area contributed by atoms with E-state index in [2.05, 4.69) is 0 Å². The third kappa shape index (κ3) is 3.39. The monoisotopic (exact) mass is 355 g/mol. The van der Waals surface area contributed by atoms with E-state index in [0.717, 1.165) is 16.4 Å². The van der Waals surface area contributed by atoms with Crippen molar-refractivity contribution >= 4 is 31.5 Å². The van der Waals surface area contributed by atoms with E-state index in [1.807, 2.05) is 0 Å². The quantitative estimate of drug-likeness (QED) is 0.768. The van der Waals surface area contributed by atoms with Gasteiger partial charge in [-0.25, -0.2) is 21.2 Å². The van der Waals surface area contributed by atoms with Crippen molar-refractivity contribution in [1.29, 1.82) is 0 Å². The molecule has 1 aliphatic heterocycles. The van der Waals surface area contributed by atoms with Gasteiger partial charge in [0.2, 0.25) is 10.0 Å². The lowest BCUT2D eigenvalue weighted by Gasteiger charge is -2.32. The highest BCUT2D eigenvalue weighted by molar-refractivity contribution is 7.92. The Morgan fingerprint density at radius 3 is 2.67 bits per heavy atom. The molecule has 5 nitrogen and oxygen atoms in total. The first-order chi connectivity index (χ1) is 9.67. The van der Waals surface area contributed by atoms with Gasteiger partial charge in [-0.1, -0.05) is 0 Å². The van der Waals surface area contributed by atoms with E-state index in [1.165, 1.54) is 6.07 Å². The lowest BCUT2D eigenvalue weighted by molar-refractivity contribution is 0.356. The number of hydrogen-bond acceptors (Lipinski definition) is 4. The molecular formula is C12H15ClFNO4S2. The molecule has 0 aliphatic carbocycles. The van der Waals surface area contributed by atoms with Gasteiger partial charge in [0.15, 0.2) is 9.84 Å². The molecule has 1 aromatic rings. The number of alkyl halides is 1. The molecule has 1 aliphatic rings. The molecule has 1 aromatic carbocycles. The largest absolute Gasteiger partial charge is 0.243 e. The van der Waals surface area contributed by atoms with E-state index in [0.29, 0.717) is 0 Å². The van der Waals surface area contributed by atoms with Crippen LogP contribution in [-0.2, 0) is 25.7 Å². The molecule has 9 heteroatoms. The van der Waals surface area contributed by atoms with Crippen LogP contribution in [0.5, 0.6) is 0 Å². The van der Waals surface area contributed by atoms with Gasteiger partial charge in [-0.15, -0.1) is 11.6 Å². The van der Waals surface area contributed by atoms with Crippen molar-refractivity contribution < 1.29 is 21.2 Å². The molecule has 2 rings (SSSR count). The Kier molecular flexibility index (Phi) is 4.63. The molecule has 0 bridgehead atoms. The SMILES string of the molecule is CC1CS(=O)(=O)CCN1S(=O)(=O)c1ccc(F)c(CCl)c1. The number of hydrogen-bond donors (Lipinski definition) is 0. The summed E-state index contributed by atoms with van der Waals surface area (Å²) in [5, 5.41) is 0. The molecule has 1 heterocycles. The molecule has 0 amide bonds. The maximum atomic E-state index is 13.4. The van der Waals surface area contributed by atoms with Gasteiger partial charge in [0.05, 0.1) is 22.3 Å². The predicted molar refractivity (Wildman–Crippen MR) is 78.0 cm³/mol. The second kappa shape index (κ2) is 5.83. The Morgan fingerprint density at radius 2 is 2.10 bits per heavy atom. The smallest absolute Gasteiger partial charge is 0.229 e. The van der Waals surface area contributed by atoms with E-state index in [1.54, 1.807) is 6.92 Å². The van der Waals surface area contributed by atoms with Crippen LogP contribution < -0.4 is 0 Å². The zero-order valence-corrected chi connectivity index (χ0v) is 13.7. The summed E-state index contributed by atoms with van der Waals surface area (Å²) >= 11 is 5.58. The highest BCUT2D eigenvalue weighted by Crippen LogP contribution is 2.24. The summed E-state index contributed by atoms with van der Waals surface area (Å²) in [6, 6.07) is 2.75. The molecule has 1 atom stereocenters. The van der Waals surface area contributed by atoms with Gasteiger partial charge in [0, 0.05) is 18.2 Å². The number of halogens is 2. The summed E-state index contributed by atoms with van der Waals surface area (Å²) in [5.41, 5.74) is 0.0926. The van der Waals surface area contributed by atoms with Gasteiger partial charge in [0.1, 0.15) is 5.82 Å². The number of rotatable bonds is 3. The van der Waals surface area contributed by atoms with Gasteiger partial charge < -0.3 is 0 Å². The zero-order valence-electron chi connectivity index (χ0n) is 11.3. The molecule has 1 fully saturated rings. The molecule has 0 aromatic heterocycles. The first-order valence-corrected chi connectivity index (χ1v) is 10.0. The van der Waals surface area contributed by atoms with Gasteiger partial charge >= 0.3 is 0 Å². The third-order valence-electron chi connectivity index (χ3n) is 3.38. The van der Waals surface area contributed by atoms with Crippen molar-refractivity contribution in [2.45, 2.75) is 23.7 Å². The lowest BCUT2D eigenvalue weighted by Crippen LogP contribution is -2.49. The van der Waals surface area contributed by atoms with E-state index >= 15 is 0 Å². The van der Waals surface area contributed by atoms with Crippen LogP contribution in [0.2, 0.25) is 0 Å². The van der Waals surface area contributed by atoms with E-state index in [4.69, 9.17) is 11.6 Å². The Hall–Kier alpha value is -0.700. The van der Waals surface area contributed by atoms with Crippen molar-refractivity contribution in [3.8, 4) is 0 Å². The van der Waals surface area contributed by atoms with Crippen molar-refractivity contribution in [3.63, 3.8) is 0 Å². The van der Waals surface area contributed by atoms with E-state index < -0.39 is 31.7 Å². The topological polar surface area (TPSA) is 71.5 Å². The van der Waals surface area contributed by atoms with Crippen LogP contribution in [0, 0.1) is 5.82 Å². The number of benzene rings is 1. The first-order valence-electron chi connectivity index (χ1n) is 6.24. The minimum atomic E-state index is -3.87. The standard InChI is InChI=1S/C12H15ClFNO4S2/c1-9-8-20(16,17)5-4-15(9)21(18,19)11-2-3-12(14)10(6-11)7-13/h2-3,6,9H,4-5,7-8H2,1H3. The molecule has 118 valence electrons.